The molecule has 0 heterocycles. The minimum Gasteiger partial charge on any atom is -0.462 e. The van der Waals surface area contributed by atoms with Crippen molar-refractivity contribution < 1.29 is 19.1 Å². The standard InChI is InChI=1S/C27H36O4/c1-8-23(31-25(29)20-11-15-22(16-12-20)27(5,6)7)17-18-30-24(28)19-9-13-21(14-10-19)26(2,3)4/h9-16,23H,8,17-18H2,1-7H3. The van der Waals surface area contributed by atoms with Gasteiger partial charge in [-0.05, 0) is 52.6 Å². The van der Waals surface area contributed by atoms with Crippen LogP contribution < -0.4 is 0 Å². The summed E-state index contributed by atoms with van der Waals surface area (Å²) in [6.07, 6.45) is 0.823. The Balaban J connectivity index is 1.86. The van der Waals surface area contributed by atoms with Crippen LogP contribution in [-0.2, 0) is 20.3 Å². The Kier molecular flexibility index (Phi) is 8.05. The van der Waals surface area contributed by atoms with Crippen molar-refractivity contribution in [3.8, 4) is 0 Å². The summed E-state index contributed by atoms with van der Waals surface area (Å²) in [7, 11) is 0. The summed E-state index contributed by atoms with van der Waals surface area (Å²) < 4.78 is 11.0. The second kappa shape index (κ2) is 10.1. The second-order valence-corrected chi connectivity index (χ2v) is 10.0. The average molecular weight is 425 g/mol. The maximum absolute atomic E-state index is 12.5. The molecule has 4 heteroatoms. The molecule has 4 nitrogen and oxygen atoms in total. The van der Waals surface area contributed by atoms with Gasteiger partial charge < -0.3 is 9.47 Å². The summed E-state index contributed by atoms with van der Waals surface area (Å²) in [6.45, 7) is 14.9. The number of esters is 2. The molecule has 2 aromatic rings. The molecule has 1 atom stereocenters. The van der Waals surface area contributed by atoms with E-state index in [0.717, 1.165) is 5.56 Å². The Morgan fingerprint density at radius 3 is 1.55 bits per heavy atom. The Bertz CT molecular complexity index is 865. The van der Waals surface area contributed by atoms with Crippen molar-refractivity contribution >= 4 is 11.9 Å². The first-order valence-corrected chi connectivity index (χ1v) is 11.0. The normalized spacial score (nSPS) is 12.9. The van der Waals surface area contributed by atoms with Crippen molar-refractivity contribution in [1.29, 1.82) is 0 Å². The number of hydrogen-bond acceptors (Lipinski definition) is 4. The van der Waals surface area contributed by atoms with Gasteiger partial charge in [0, 0.05) is 6.42 Å². The fourth-order valence-corrected chi connectivity index (χ4v) is 3.14. The van der Waals surface area contributed by atoms with Crippen LogP contribution in [0.15, 0.2) is 48.5 Å². The molecule has 1 unspecified atom stereocenters. The fraction of sp³-hybridized carbons (Fsp3) is 0.481. The topological polar surface area (TPSA) is 52.6 Å². The van der Waals surface area contributed by atoms with Crippen molar-refractivity contribution in [3.05, 3.63) is 70.8 Å². The van der Waals surface area contributed by atoms with E-state index in [9.17, 15) is 9.59 Å². The predicted octanol–water partition coefficient (Wildman–Crippen LogP) is 6.46. The number of rotatable bonds is 7. The summed E-state index contributed by atoms with van der Waals surface area (Å²) in [4.78, 5) is 24.8. The van der Waals surface area contributed by atoms with Crippen LogP contribution in [0.4, 0.5) is 0 Å². The molecule has 0 fully saturated rings. The predicted molar refractivity (Wildman–Crippen MR) is 125 cm³/mol. The fourth-order valence-electron chi connectivity index (χ4n) is 3.14. The Morgan fingerprint density at radius 2 is 1.16 bits per heavy atom. The van der Waals surface area contributed by atoms with Crippen LogP contribution in [0.25, 0.3) is 0 Å². The zero-order valence-electron chi connectivity index (χ0n) is 20.0. The first-order chi connectivity index (χ1) is 14.4. The van der Waals surface area contributed by atoms with Gasteiger partial charge in [-0.15, -0.1) is 0 Å². The molecule has 0 aliphatic rings. The van der Waals surface area contributed by atoms with Crippen LogP contribution in [0.5, 0.6) is 0 Å². The van der Waals surface area contributed by atoms with E-state index < -0.39 is 0 Å². The van der Waals surface area contributed by atoms with E-state index in [0.29, 0.717) is 24.0 Å². The van der Waals surface area contributed by atoms with E-state index in [-0.39, 0.29) is 35.5 Å². The van der Waals surface area contributed by atoms with Crippen molar-refractivity contribution in [2.24, 2.45) is 0 Å². The van der Waals surface area contributed by atoms with E-state index in [4.69, 9.17) is 9.47 Å². The van der Waals surface area contributed by atoms with E-state index in [1.807, 2.05) is 31.2 Å². The van der Waals surface area contributed by atoms with Crippen molar-refractivity contribution in [2.75, 3.05) is 6.61 Å². The lowest BCUT2D eigenvalue weighted by Crippen LogP contribution is -2.21. The van der Waals surface area contributed by atoms with Crippen LogP contribution in [0.1, 0.15) is 93.2 Å². The molecule has 0 saturated carbocycles. The molecule has 0 amide bonds. The highest BCUT2D eigenvalue weighted by atomic mass is 16.6. The number of carbonyl (C=O) groups excluding carboxylic acids is 2. The van der Waals surface area contributed by atoms with Crippen LogP contribution in [0.3, 0.4) is 0 Å². The Labute approximate surface area is 187 Å². The van der Waals surface area contributed by atoms with Gasteiger partial charge in [0.2, 0.25) is 0 Å². The van der Waals surface area contributed by atoms with Crippen LogP contribution in [-0.4, -0.2) is 24.6 Å². The summed E-state index contributed by atoms with van der Waals surface area (Å²) in [5, 5.41) is 0. The lowest BCUT2D eigenvalue weighted by molar-refractivity contribution is 0.0177. The molecule has 2 rings (SSSR count). The van der Waals surface area contributed by atoms with E-state index >= 15 is 0 Å². The monoisotopic (exact) mass is 424 g/mol. The molecule has 168 valence electrons. The van der Waals surface area contributed by atoms with Crippen LogP contribution in [0, 0.1) is 0 Å². The molecule has 0 bridgehead atoms. The van der Waals surface area contributed by atoms with Crippen molar-refractivity contribution in [1.82, 2.24) is 0 Å². The summed E-state index contributed by atoms with van der Waals surface area (Å²) in [5.41, 5.74) is 3.45. The SMILES string of the molecule is CCC(CCOC(=O)c1ccc(C(C)(C)C)cc1)OC(=O)c1ccc(C(C)(C)C)cc1. The molecule has 0 saturated heterocycles. The van der Waals surface area contributed by atoms with Gasteiger partial charge in [-0.25, -0.2) is 9.59 Å². The molecule has 0 radical (unpaired) electrons. The Morgan fingerprint density at radius 1 is 0.742 bits per heavy atom. The maximum Gasteiger partial charge on any atom is 0.338 e. The number of hydrogen-bond donors (Lipinski definition) is 0. The largest absolute Gasteiger partial charge is 0.462 e. The van der Waals surface area contributed by atoms with Crippen molar-refractivity contribution in [3.63, 3.8) is 0 Å². The highest BCUT2D eigenvalue weighted by molar-refractivity contribution is 5.90. The van der Waals surface area contributed by atoms with Crippen molar-refractivity contribution in [2.45, 2.75) is 78.2 Å². The first kappa shape index (κ1) is 24.6. The van der Waals surface area contributed by atoms with Gasteiger partial charge in [0.15, 0.2) is 0 Å². The molecule has 31 heavy (non-hydrogen) atoms. The van der Waals surface area contributed by atoms with Crippen LogP contribution >= 0.6 is 0 Å². The van der Waals surface area contributed by atoms with Gasteiger partial charge in [-0.1, -0.05) is 72.7 Å². The summed E-state index contributed by atoms with van der Waals surface area (Å²) in [6, 6.07) is 15.0. The van der Waals surface area contributed by atoms with E-state index in [1.54, 1.807) is 24.3 Å². The molecule has 0 aliphatic heterocycles. The van der Waals surface area contributed by atoms with Gasteiger partial charge >= 0.3 is 11.9 Å². The molecule has 0 aliphatic carbocycles. The van der Waals surface area contributed by atoms with E-state index in [1.165, 1.54) is 5.56 Å². The summed E-state index contributed by atoms with van der Waals surface area (Å²) in [5.74, 6) is -0.712. The number of benzene rings is 2. The quantitative estimate of drug-likeness (QED) is 0.478. The molecule has 2 aromatic carbocycles. The third kappa shape index (κ3) is 7.23. The number of carbonyl (C=O) groups is 2. The van der Waals surface area contributed by atoms with Crippen LogP contribution in [0.2, 0.25) is 0 Å². The Hall–Kier alpha value is -2.62. The first-order valence-electron chi connectivity index (χ1n) is 11.0. The van der Waals surface area contributed by atoms with Gasteiger partial charge in [-0.2, -0.15) is 0 Å². The third-order valence-corrected chi connectivity index (χ3v) is 5.38. The smallest absolute Gasteiger partial charge is 0.338 e. The lowest BCUT2D eigenvalue weighted by Gasteiger charge is -2.20. The third-order valence-electron chi connectivity index (χ3n) is 5.38. The second-order valence-electron chi connectivity index (χ2n) is 10.0. The van der Waals surface area contributed by atoms with Gasteiger partial charge in [0.05, 0.1) is 17.7 Å². The van der Waals surface area contributed by atoms with Gasteiger partial charge in [0.1, 0.15) is 6.10 Å². The molecular formula is C27H36O4. The van der Waals surface area contributed by atoms with Gasteiger partial charge in [-0.3, -0.25) is 0 Å². The molecular weight excluding hydrogens is 388 g/mol. The molecule has 0 N–H and O–H groups in total. The lowest BCUT2D eigenvalue weighted by atomic mass is 9.87. The zero-order chi connectivity index (χ0) is 23.2. The summed E-state index contributed by atoms with van der Waals surface area (Å²) >= 11 is 0. The highest BCUT2D eigenvalue weighted by Gasteiger charge is 2.19. The average Bonchev–Trinajstić information content (AvgIpc) is 2.71. The minimum atomic E-state index is -0.362. The zero-order valence-corrected chi connectivity index (χ0v) is 20.0. The molecule has 0 spiro atoms. The minimum absolute atomic E-state index is 0.0331. The molecule has 0 aromatic heterocycles. The van der Waals surface area contributed by atoms with E-state index in [2.05, 4.69) is 41.5 Å². The van der Waals surface area contributed by atoms with Gasteiger partial charge in [0.25, 0.3) is 0 Å². The number of ether oxygens (including phenoxy) is 2. The highest BCUT2D eigenvalue weighted by Crippen LogP contribution is 2.23. The maximum atomic E-state index is 12.5.